The van der Waals surface area contributed by atoms with E-state index in [1.54, 1.807) is 7.11 Å². The summed E-state index contributed by atoms with van der Waals surface area (Å²) in [5.41, 5.74) is 5.53. The van der Waals surface area contributed by atoms with E-state index in [0.717, 1.165) is 60.7 Å². The summed E-state index contributed by atoms with van der Waals surface area (Å²) >= 11 is 6.30. The van der Waals surface area contributed by atoms with E-state index < -0.39 is 0 Å². The van der Waals surface area contributed by atoms with Crippen LogP contribution in [0.4, 0.5) is 5.82 Å². The molecule has 0 radical (unpaired) electrons. The molecule has 0 fully saturated rings. The molecule has 1 N–H and O–H groups in total. The molecule has 0 unspecified atom stereocenters. The van der Waals surface area contributed by atoms with Gasteiger partial charge < -0.3 is 10.1 Å². The number of hydrogen-bond donors (Lipinski definition) is 1. The van der Waals surface area contributed by atoms with E-state index in [9.17, 15) is 0 Å². The van der Waals surface area contributed by atoms with Crippen LogP contribution in [0.15, 0.2) is 42.5 Å². The Hall–Kier alpha value is -2.46. The molecule has 140 valence electrons. The molecule has 0 saturated heterocycles. The minimum absolute atomic E-state index is 0.685. The lowest BCUT2D eigenvalue weighted by atomic mass is 10.0. The summed E-state index contributed by atoms with van der Waals surface area (Å²) in [6.45, 7) is 3.13. The molecule has 0 aliphatic carbocycles. The van der Waals surface area contributed by atoms with Gasteiger partial charge in [0.05, 0.1) is 12.8 Å². The van der Waals surface area contributed by atoms with Crippen LogP contribution in [0, 0.1) is 0 Å². The molecule has 3 aromatic rings. The molecule has 2 heterocycles. The molecule has 2 aromatic carbocycles. The fourth-order valence-corrected chi connectivity index (χ4v) is 3.95. The lowest BCUT2D eigenvalue weighted by Crippen LogP contribution is -2.08. The second-order valence-corrected chi connectivity index (χ2v) is 7.23. The van der Waals surface area contributed by atoms with E-state index in [2.05, 4.69) is 41.2 Å². The fraction of sp³-hybridized carbons (Fsp3) is 0.318. The number of aromatic nitrogens is 2. The third kappa shape index (κ3) is 3.30. The third-order valence-corrected chi connectivity index (χ3v) is 5.38. The van der Waals surface area contributed by atoms with Gasteiger partial charge in [-0.25, -0.2) is 4.68 Å². The second-order valence-electron chi connectivity index (χ2n) is 6.80. The van der Waals surface area contributed by atoms with E-state index in [-0.39, 0.29) is 0 Å². The standard InChI is InChI=1S/C22H24ClN3O/c1-3-15-8-4-5-10-19(15)26-22-17(9-6-7-13-24-22)21(25-26)18-14-16(23)11-12-20(18)27-2/h4-5,8,10-12,14,24H,3,6-7,9,13H2,1-2H3. The second kappa shape index (κ2) is 7.65. The van der Waals surface area contributed by atoms with Gasteiger partial charge in [-0.1, -0.05) is 36.7 Å². The number of nitrogens with one attached hydrogen (secondary N) is 1. The molecular weight excluding hydrogens is 358 g/mol. The van der Waals surface area contributed by atoms with Crippen molar-refractivity contribution in [3.05, 3.63) is 58.6 Å². The predicted octanol–water partition coefficient (Wildman–Crippen LogP) is 5.51. The van der Waals surface area contributed by atoms with Gasteiger partial charge in [0.15, 0.2) is 0 Å². The van der Waals surface area contributed by atoms with Gasteiger partial charge in [0, 0.05) is 22.7 Å². The zero-order valence-corrected chi connectivity index (χ0v) is 16.5. The molecule has 0 bridgehead atoms. The highest BCUT2D eigenvalue weighted by Gasteiger charge is 2.24. The number of aryl methyl sites for hydroxylation is 1. The molecule has 27 heavy (non-hydrogen) atoms. The highest BCUT2D eigenvalue weighted by atomic mass is 35.5. The highest BCUT2D eigenvalue weighted by molar-refractivity contribution is 6.31. The summed E-state index contributed by atoms with van der Waals surface area (Å²) in [7, 11) is 1.69. The molecule has 0 saturated carbocycles. The Morgan fingerprint density at radius 3 is 2.85 bits per heavy atom. The summed E-state index contributed by atoms with van der Waals surface area (Å²) in [4.78, 5) is 0. The smallest absolute Gasteiger partial charge is 0.133 e. The number of ether oxygens (including phenoxy) is 1. The molecule has 0 atom stereocenters. The number of methoxy groups -OCH3 is 1. The van der Waals surface area contributed by atoms with Crippen molar-refractivity contribution >= 4 is 17.4 Å². The lowest BCUT2D eigenvalue weighted by molar-refractivity contribution is 0.416. The van der Waals surface area contributed by atoms with Crippen LogP contribution in [-0.2, 0) is 12.8 Å². The maximum absolute atomic E-state index is 6.30. The predicted molar refractivity (Wildman–Crippen MR) is 111 cm³/mol. The molecule has 4 nitrogen and oxygen atoms in total. The van der Waals surface area contributed by atoms with Crippen LogP contribution < -0.4 is 10.1 Å². The van der Waals surface area contributed by atoms with Gasteiger partial charge in [0.25, 0.3) is 0 Å². The van der Waals surface area contributed by atoms with Crippen LogP contribution in [-0.4, -0.2) is 23.4 Å². The molecule has 0 amide bonds. The Labute approximate surface area is 165 Å². The average Bonchev–Trinajstić information content (AvgIpc) is 2.88. The maximum Gasteiger partial charge on any atom is 0.133 e. The Bertz CT molecular complexity index is 964. The van der Waals surface area contributed by atoms with Gasteiger partial charge in [-0.15, -0.1) is 0 Å². The SMILES string of the molecule is CCc1ccccc1-n1nc(-c2cc(Cl)ccc2OC)c2c1NCCCC2. The van der Waals surface area contributed by atoms with Crippen molar-refractivity contribution in [2.45, 2.75) is 32.6 Å². The quantitative estimate of drug-likeness (QED) is 0.647. The zero-order chi connectivity index (χ0) is 18.8. The minimum Gasteiger partial charge on any atom is -0.496 e. The van der Waals surface area contributed by atoms with Crippen molar-refractivity contribution < 1.29 is 4.74 Å². The van der Waals surface area contributed by atoms with Crippen molar-refractivity contribution in [1.29, 1.82) is 0 Å². The van der Waals surface area contributed by atoms with Gasteiger partial charge in [0.2, 0.25) is 0 Å². The number of para-hydroxylation sites is 1. The number of fused-ring (bicyclic) bond motifs is 1. The van der Waals surface area contributed by atoms with Crippen LogP contribution >= 0.6 is 11.6 Å². The van der Waals surface area contributed by atoms with Crippen molar-refractivity contribution in [3.63, 3.8) is 0 Å². The number of nitrogens with zero attached hydrogens (tertiary/aromatic N) is 2. The molecule has 0 spiro atoms. The number of anilines is 1. The first-order chi connectivity index (χ1) is 13.2. The maximum atomic E-state index is 6.30. The van der Waals surface area contributed by atoms with Gasteiger partial charge in [-0.05, 0) is 55.5 Å². The largest absolute Gasteiger partial charge is 0.496 e. The van der Waals surface area contributed by atoms with Gasteiger partial charge in [-0.2, -0.15) is 5.10 Å². The van der Waals surface area contributed by atoms with E-state index in [1.165, 1.54) is 11.1 Å². The van der Waals surface area contributed by atoms with E-state index in [0.29, 0.717) is 5.02 Å². The summed E-state index contributed by atoms with van der Waals surface area (Å²) in [6.07, 6.45) is 4.23. The number of benzene rings is 2. The van der Waals surface area contributed by atoms with E-state index in [1.807, 2.05) is 18.2 Å². The molecule has 4 rings (SSSR count). The molecule has 1 aromatic heterocycles. The Kier molecular flexibility index (Phi) is 5.08. The third-order valence-electron chi connectivity index (χ3n) is 5.15. The lowest BCUT2D eigenvalue weighted by Gasteiger charge is -2.12. The van der Waals surface area contributed by atoms with Crippen LogP contribution in [0.25, 0.3) is 16.9 Å². The van der Waals surface area contributed by atoms with Crippen LogP contribution in [0.5, 0.6) is 5.75 Å². The van der Waals surface area contributed by atoms with Gasteiger partial charge >= 0.3 is 0 Å². The molecular formula is C22H24ClN3O. The van der Waals surface area contributed by atoms with Crippen molar-refractivity contribution in [1.82, 2.24) is 9.78 Å². The minimum atomic E-state index is 0.685. The molecule has 5 heteroatoms. The molecule has 1 aliphatic heterocycles. The first-order valence-corrected chi connectivity index (χ1v) is 9.88. The Morgan fingerprint density at radius 2 is 2.04 bits per heavy atom. The number of hydrogen-bond acceptors (Lipinski definition) is 3. The van der Waals surface area contributed by atoms with E-state index >= 15 is 0 Å². The summed E-state index contributed by atoms with van der Waals surface area (Å²) in [5, 5.41) is 9.35. The number of halogens is 1. The fourth-order valence-electron chi connectivity index (χ4n) is 3.77. The number of rotatable bonds is 4. The normalized spacial score (nSPS) is 13.6. The van der Waals surface area contributed by atoms with E-state index in [4.69, 9.17) is 21.4 Å². The van der Waals surface area contributed by atoms with Crippen LogP contribution in [0.2, 0.25) is 5.02 Å². The first kappa shape index (κ1) is 17.9. The zero-order valence-electron chi connectivity index (χ0n) is 15.8. The van der Waals surface area contributed by atoms with Gasteiger partial charge in [0.1, 0.15) is 17.3 Å². The summed E-state index contributed by atoms with van der Waals surface area (Å²) in [5.74, 6) is 1.88. The Balaban J connectivity index is 1.97. The molecule has 1 aliphatic rings. The Morgan fingerprint density at radius 1 is 1.19 bits per heavy atom. The highest BCUT2D eigenvalue weighted by Crippen LogP contribution is 2.39. The monoisotopic (exact) mass is 381 g/mol. The van der Waals surface area contributed by atoms with Crippen LogP contribution in [0.3, 0.4) is 0 Å². The van der Waals surface area contributed by atoms with Crippen molar-refractivity contribution in [2.75, 3.05) is 19.0 Å². The van der Waals surface area contributed by atoms with Crippen molar-refractivity contribution in [3.8, 4) is 22.7 Å². The summed E-state index contributed by atoms with van der Waals surface area (Å²) in [6, 6.07) is 14.2. The first-order valence-electron chi connectivity index (χ1n) is 9.51. The summed E-state index contributed by atoms with van der Waals surface area (Å²) < 4.78 is 7.67. The van der Waals surface area contributed by atoms with Crippen LogP contribution in [0.1, 0.15) is 30.9 Å². The van der Waals surface area contributed by atoms with Gasteiger partial charge in [-0.3, -0.25) is 0 Å². The van der Waals surface area contributed by atoms with Crippen molar-refractivity contribution in [2.24, 2.45) is 0 Å². The average molecular weight is 382 g/mol. The topological polar surface area (TPSA) is 39.1 Å².